The predicted octanol–water partition coefficient (Wildman–Crippen LogP) is 3.73. The van der Waals surface area contributed by atoms with Crippen LogP contribution in [0.3, 0.4) is 0 Å². The summed E-state index contributed by atoms with van der Waals surface area (Å²) < 4.78 is 0. The van der Waals surface area contributed by atoms with Crippen molar-refractivity contribution in [1.82, 2.24) is 10.6 Å². The number of rotatable bonds is 8. The summed E-state index contributed by atoms with van der Waals surface area (Å²) in [6, 6.07) is 9.01. The van der Waals surface area contributed by atoms with Gasteiger partial charge in [-0.2, -0.15) is 0 Å². The first-order chi connectivity index (χ1) is 10.5. The maximum absolute atomic E-state index is 12.3. The van der Waals surface area contributed by atoms with E-state index < -0.39 is 0 Å². The van der Waals surface area contributed by atoms with Crippen LogP contribution in [0.2, 0.25) is 0 Å². The smallest absolute Gasteiger partial charge is 0.224 e. The standard InChI is InChI=1S/C19H30N2O.ClH/c1-13(2)11-15-5-7-16(8-6-15)18(17-9-10-17)21-19(22)14(3)12-20-4;/h5-8,13-14,17-18,20H,9-12H2,1-4H3,(H,21,22);1H. The summed E-state index contributed by atoms with van der Waals surface area (Å²) in [6.45, 7) is 7.17. The third kappa shape index (κ3) is 6.15. The average molecular weight is 339 g/mol. The van der Waals surface area contributed by atoms with Crippen molar-refractivity contribution in [2.24, 2.45) is 17.8 Å². The van der Waals surface area contributed by atoms with Gasteiger partial charge in [-0.1, -0.05) is 45.0 Å². The molecule has 0 radical (unpaired) electrons. The second kappa shape index (κ2) is 9.29. The van der Waals surface area contributed by atoms with E-state index in [2.05, 4.69) is 48.7 Å². The molecule has 2 unspecified atom stereocenters. The van der Waals surface area contributed by atoms with Crippen LogP contribution in [0.4, 0.5) is 0 Å². The highest BCUT2D eigenvalue weighted by Gasteiger charge is 2.34. The molecule has 23 heavy (non-hydrogen) atoms. The first-order valence-corrected chi connectivity index (χ1v) is 8.55. The van der Waals surface area contributed by atoms with Gasteiger partial charge >= 0.3 is 0 Å². The lowest BCUT2D eigenvalue weighted by molar-refractivity contribution is -0.125. The molecule has 1 saturated carbocycles. The van der Waals surface area contributed by atoms with Crippen molar-refractivity contribution >= 4 is 18.3 Å². The number of carbonyl (C=O) groups excluding carboxylic acids is 1. The fraction of sp³-hybridized carbons (Fsp3) is 0.632. The summed E-state index contributed by atoms with van der Waals surface area (Å²) >= 11 is 0. The van der Waals surface area contributed by atoms with Gasteiger partial charge in [-0.3, -0.25) is 4.79 Å². The molecule has 0 heterocycles. The topological polar surface area (TPSA) is 41.1 Å². The van der Waals surface area contributed by atoms with Gasteiger partial charge in [0, 0.05) is 12.5 Å². The molecule has 2 rings (SSSR count). The van der Waals surface area contributed by atoms with Crippen LogP contribution < -0.4 is 10.6 Å². The van der Waals surface area contributed by atoms with Crippen LogP contribution >= 0.6 is 12.4 Å². The van der Waals surface area contributed by atoms with E-state index in [4.69, 9.17) is 0 Å². The van der Waals surface area contributed by atoms with Gasteiger partial charge in [0.05, 0.1) is 6.04 Å². The van der Waals surface area contributed by atoms with E-state index in [1.54, 1.807) is 0 Å². The highest BCUT2D eigenvalue weighted by Crippen LogP contribution is 2.41. The van der Waals surface area contributed by atoms with Gasteiger partial charge in [0.25, 0.3) is 0 Å². The number of amides is 1. The Morgan fingerprint density at radius 2 is 1.78 bits per heavy atom. The first kappa shape index (κ1) is 20.0. The zero-order valence-corrected chi connectivity index (χ0v) is 15.6. The minimum Gasteiger partial charge on any atom is -0.349 e. The number of benzene rings is 1. The van der Waals surface area contributed by atoms with Crippen molar-refractivity contribution in [2.75, 3.05) is 13.6 Å². The first-order valence-electron chi connectivity index (χ1n) is 8.55. The molecular formula is C19H31ClN2O. The zero-order valence-electron chi connectivity index (χ0n) is 14.8. The fourth-order valence-electron chi connectivity index (χ4n) is 2.93. The minimum absolute atomic E-state index is 0. The summed E-state index contributed by atoms with van der Waals surface area (Å²) in [5.74, 6) is 1.44. The van der Waals surface area contributed by atoms with Gasteiger partial charge in [0.1, 0.15) is 0 Å². The molecule has 2 atom stereocenters. The quantitative estimate of drug-likeness (QED) is 0.758. The van der Waals surface area contributed by atoms with Crippen LogP contribution in [-0.2, 0) is 11.2 Å². The lowest BCUT2D eigenvalue weighted by atomic mass is 9.97. The number of nitrogens with one attached hydrogen (secondary N) is 2. The lowest BCUT2D eigenvalue weighted by Crippen LogP contribution is -2.37. The van der Waals surface area contributed by atoms with Crippen molar-refractivity contribution < 1.29 is 4.79 Å². The van der Waals surface area contributed by atoms with E-state index in [0.717, 1.165) is 13.0 Å². The molecule has 0 bridgehead atoms. The van der Waals surface area contributed by atoms with Gasteiger partial charge < -0.3 is 10.6 Å². The Kier molecular flexibility index (Phi) is 8.07. The van der Waals surface area contributed by atoms with E-state index in [0.29, 0.717) is 11.8 Å². The molecular weight excluding hydrogens is 308 g/mol. The molecule has 1 aromatic carbocycles. The second-order valence-corrected chi connectivity index (χ2v) is 7.12. The summed E-state index contributed by atoms with van der Waals surface area (Å²) in [5, 5.41) is 6.33. The number of carbonyl (C=O) groups is 1. The van der Waals surface area contributed by atoms with Gasteiger partial charge in [-0.05, 0) is 49.3 Å². The normalized spacial score (nSPS) is 16.6. The van der Waals surface area contributed by atoms with Gasteiger partial charge in [-0.15, -0.1) is 12.4 Å². The summed E-state index contributed by atoms with van der Waals surface area (Å²) in [4.78, 5) is 12.3. The lowest BCUT2D eigenvalue weighted by Gasteiger charge is -2.22. The van der Waals surface area contributed by atoms with E-state index in [9.17, 15) is 4.79 Å². The molecule has 1 fully saturated rings. The number of hydrogen-bond donors (Lipinski definition) is 2. The Bertz CT molecular complexity index is 483. The Morgan fingerprint density at radius 1 is 1.17 bits per heavy atom. The molecule has 0 aliphatic heterocycles. The van der Waals surface area contributed by atoms with Gasteiger partial charge in [0.2, 0.25) is 5.91 Å². The molecule has 1 amide bonds. The minimum atomic E-state index is 0. The Balaban J connectivity index is 0.00000264. The fourth-order valence-corrected chi connectivity index (χ4v) is 2.93. The maximum Gasteiger partial charge on any atom is 0.224 e. The second-order valence-electron chi connectivity index (χ2n) is 7.12. The van der Waals surface area contributed by atoms with Crippen molar-refractivity contribution in [3.8, 4) is 0 Å². The molecule has 130 valence electrons. The molecule has 1 aliphatic carbocycles. The molecule has 0 spiro atoms. The highest BCUT2D eigenvalue weighted by molar-refractivity contribution is 5.85. The average Bonchev–Trinajstić information content (AvgIpc) is 3.29. The van der Waals surface area contributed by atoms with Crippen molar-refractivity contribution in [3.63, 3.8) is 0 Å². The van der Waals surface area contributed by atoms with E-state index in [1.165, 1.54) is 24.0 Å². The number of hydrogen-bond acceptors (Lipinski definition) is 2. The number of halogens is 1. The van der Waals surface area contributed by atoms with Gasteiger partial charge in [-0.25, -0.2) is 0 Å². The third-order valence-corrected chi connectivity index (χ3v) is 4.33. The summed E-state index contributed by atoms with van der Waals surface area (Å²) in [6.07, 6.45) is 3.55. The highest BCUT2D eigenvalue weighted by atomic mass is 35.5. The van der Waals surface area contributed by atoms with Crippen LogP contribution in [0, 0.1) is 17.8 Å². The van der Waals surface area contributed by atoms with Crippen molar-refractivity contribution in [1.29, 1.82) is 0 Å². The van der Waals surface area contributed by atoms with E-state index in [-0.39, 0.29) is 30.3 Å². The Morgan fingerprint density at radius 3 is 2.26 bits per heavy atom. The monoisotopic (exact) mass is 338 g/mol. The van der Waals surface area contributed by atoms with Crippen molar-refractivity contribution in [3.05, 3.63) is 35.4 Å². The molecule has 1 aromatic rings. The molecule has 0 aromatic heterocycles. The zero-order chi connectivity index (χ0) is 16.1. The predicted molar refractivity (Wildman–Crippen MR) is 98.9 cm³/mol. The molecule has 1 aliphatic rings. The molecule has 4 heteroatoms. The summed E-state index contributed by atoms with van der Waals surface area (Å²) in [7, 11) is 1.88. The largest absolute Gasteiger partial charge is 0.349 e. The van der Waals surface area contributed by atoms with E-state index >= 15 is 0 Å². The molecule has 0 saturated heterocycles. The Labute approximate surface area is 147 Å². The van der Waals surface area contributed by atoms with Crippen LogP contribution in [0.15, 0.2) is 24.3 Å². The van der Waals surface area contributed by atoms with Crippen LogP contribution in [0.1, 0.15) is 50.8 Å². The maximum atomic E-state index is 12.3. The third-order valence-electron chi connectivity index (χ3n) is 4.33. The molecule has 3 nitrogen and oxygen atoms in total. The SMILES string of the molecule is CNCC(C)C(=O)NC(c1ccc(CC(C)C)cc1)C1CC1.Cl. The van der Waals surface area contributed by atoms with Gasteiger partial charge in [0.15, 0.2) is 0 Å². The van der Waals surface area contributed by atoms with Crippen LogP contribution in [-0.4, -0.2) is 19.5 Å². The summed E-state index contributed by atoms with van der Waals surface area (Å²) in [5.41, 5.74) is 2.63. The molecule has 2 N–H and O–H groups in total. The van der Waals surface area contributed by atoms with E-state index in [1.807, 2.05) is 14.0 Å². The van der Waals surface area contributed by atoms with Crippen LogP contribution in [0.25, 0.3) is 0 Å². The Hall–Kier alpha value is -1.06. The van der Waals surface area contributed by atoms with Crippen LogP contribution in [0.5, 0.6) is 0 Å². The van der Waals surface area contributed by atoms with Crippen molar-refractivity contribution in [2.45, 2.75) is 46.1 Å².